The second-order valence-corrected chi connectivity index (χ2v) is 5.60. The molecule has 0 fully saturated rings. The minimum absolute atomic E-state index is 0.310. The van der Waals surface area contributed by atoms with Crippen molar-refractivity contribution in [2.45, 2.75) is 0 Å². The third-order valence-electron chi connectivity index (χ3n) is 3.89. The first-order valence-corrected chi connectivity index (χ1v) is 7.87. The Hall–Kier alpha value is -3.94. The zero-order chi connectivity index (χ0) is 19.4. The van der Waals surface area contributed by atoms with E-state index in [0.717, 1.165) is 16.8 Å². The van der Waals surface area contributed by atoms with E-state index in [1.807, 2.05) is 24.3 Å². The number of nitrogens with one attached hydrogen (secondary N) is 1. The normalized spacial score (nSPS) is 10.9. The summed E-state index contributed by atoms with van der Waals surface area (Å²) in [6.07, 6.45) is 1.25. The zero-order valence-electron chi connectivity index (χ0n) is 14.2. The molecule has 3 aromatic carbocycles. The first kappa shape index (κ1) is 17.9. The second-order valence-electron chi connectivity index (χ2n) is 5.60. The second kappa shape index (κ2) is 7.52. The van der Waals surface area contributed by atoms with E-state index in [-0.39, 0.29) is 0 Å². The number of ether oxygens (including phenoxy) is 1. The number of fused-ring (bicyclic) bond motifs is 1. The molecule has 1 amide bonds. The van der Waals surface area contributed by atoms with Gasteiger partial charge >= 0.3 is 5.69 Å². The average Bonchev–Trinajstić information content (AvgIpc) is 2.67. The van der Waals surface area contributed by atoms with Gasteiger partial charge in [0.05, 0.1) is 23.8 Å². The molecular formula is C19H15N3O5. The first-order chi connectivity index (χ1) is 13.0. The molecule has 27 heavy (non-hydrogen) atoms. The first-order valence-electron chi connectivity index (χ1n) is 7.87. The summed E-state index contributed by atoms with van der Waals surface area (Å²) in [5.74, 6) is -0.522. The molecule has 0 atom stereocenters. The molecule has 0 saturated heterocycles. The smallest absolute Gasteiger partial charge is 0.311 e. The average molecular weight is 365 g/mol. The Morgan fingerprint density at radius 2 is 1.89 bits per heavy atom. The number of amides is 1. The zero-order valence-corrected chi connectivity index (χ0v) is 14.2. The standard InChI is InChI=1S/C19H15N3O5/c1-27-18-10-14-5-3-2-4-13(14)9-15(18)19(24)21-20-11-12-6-7-17(23)16(8-12)22(25)26/h2-11,23H,1H3,(H,21,24). The van der Waals surface area contributed by atoms with Crippen molar-refractivity contribution >= 4 is 28.6 Å². The summed E-state index contributed by atoms with van der Waals surface area (Å²) in [7, 11) is 1.47. The van der Waals surface area contributed by atoms with Crippen LogP contribution in [0.4, 0.5) is 5.69 Å². The van der Waals surface area contributed by atoms with Crippen molar-refractivity contribution < 1.29 is 19.6 Å². The Morgan fingerprint density at radius 3 is 2.56 bits per heavy atom. The van der Waals surface area contributed by atoms with Gasteiger partial charge in [-0.3, -0.25) is 14.9 Å². The van der Waals surface area contributed by atoms with Crippen LogP contribution in [0.3, 0.4) is 0 Å². The number of benzene rings is 3. The summed E-state index contributed by atoms with van der Waals surface area (Å²) in [4.78, 5) is 22.6. The van der Waals surface area contributed by atoms with Crippen molar-refractivity contribution in [2.24, 2.45) is 5.10 Å². The molecule has 0 bridgehead atoms. The summed E-state index contributed by atoms with van der Waals surface area (Å²) < 4.78 is 5.28. The number of carbonyl (C=O) groups excluding carboxylic acids is 1. The minimum Gasteiger partial charge on any atom is -0.502 e. The Morgan fingerprint density at radius 1 is 1.19 bits per heavy atom. The molecule has 8 heteroatoms. The van der Waals surface area contributed by atoms with E-state index in [4.69, 9.17) is 4.74 Å². The van der Waals surface area contributed by atoms with E-state index in [2.05, 4.69) is 10.5 Å². The van der Waals surface area contributed by atoms with Gasteiger partial charge in [-0.1, -0.05) is 24.3 Å². The summed E-state index contributed by atoms with van der Waals surface area (Å²) in [5.41, 5.74) is 2.59. The predicted octanol–water partition coefficient (Wildman–Crippen LogP) is 3.23. The molecule has 0 spiro atoms. The largest absolute Gasteiger partial charge is 0.502 e. The SMILES string of the molecule is COc1cc2ccccc2cc1C(=O)NN=Cc1ccc(O)c([N+](=O)[O-])c1. The number of nitrogens with zero attached hydrogens (tertiary/aromatic N) is 2. The molecule has 136 valence electrons. The van der Waals surface area contributed by atoms with Crippen LogP contribution in [0.25, 0.3) is 10.8 Å². The van der Waals surface area contributed by atoms with E-state index in [1.54, 1.807) is 12.1 Å². The lowest BCUT2D eigenvalue weighted by Gasteiger charge is -2.09. The molecule has 0 aliphatic heterocycles. The summed E-state index contributed by atoms with van der Waals surface area (Å²) >= 11 is 0. The maximum atomic E-state index is 12.4. The molecule has 0 aromatic heterocycles. The van der Waals surface area contributed by atoms with Gasteiger partial charge in [0.15, 0.2) is 5.75 Å². The lowest BCUT2D eigenvalue weighted by Crippen LogP contribution is -2.18. The third-order valence-corrected chi connectivity index (χ3v) is 3.89. The number of methoxy groups -OCH3 is 1. The maximum Gasteiger partial charge on any atom is 0.311 e. The fraction of sp³-hybridized carbons (Fsp3) is 0.0526. The van der Waals surface area contributed by atoms with Gasteiger partial charge < -0.3 is 9.84 Å². The van der Waals surface area contributed by atoms with Crippen LogP contribution in [0, 0.1) is 10.1 Å². The van der Waals surface area contributed by atoms with Crippen LogP contribution in [0.15, 0.2) is 59.7 Å². The Bertz CT molecular complexity index is 1060. The fourth-order valence-electron chi connectivity index (χ4n) is 2.56. The van der Waals surface area contributed by atoms with Gasteiger partial charge in [-0.05, 0) is 35.0 Å². The van der Waals surface area contributed by atoms with E-state index in [0.29, 0.717) is 16.9 Å². The van der Waals surface area contributed by atoms with E-state index >= 15 is 0 Å². The highest BCUT2D eigenvalue weighted by molar-refractivity contribution is 6.02. The highest BCUT2D eigenvalue weighted by atomic mass is 16.6. The number of phenolic OH excluding ortho intramolecular Hbond substituents is 1. The predicted molar refractivity (Wildman–Crippen MR) is 100 cm³/mol. The molecule has 0 radical (unpaired) electrons. The molecule has 8 nitrogen and oxygen atoms in total. The van der Waals surface area contributed by atoms with Gasteiger partial charge in [-0.15, -0.1) is 0 Å². The number of hydrazone groups is 1. The van der Waals surface area contributed by atoms with Crippen molar-refractivity contribution in [3.63, 3.8) is 0 Å². The quantitative estimate of drug-likeness (QED) is 0.409. The van der Waals surface area contributed by atoms with Crippen LogP contribution in [-0.4, -0.2) is 29.3 Å². The number of nitro benzene ring substituents is 1. The van der Waals surface area contributed by atoms with Gasteiger partial charge in [0.2, 0.25) is 0 Å². The van der Waals surface area contributed by atoms with Gasteiger partial charge in [-0.2, -0.15) is 5.10 Å². The molecule has 2 N–H and O–H groups in total. The molecule has 3 rings (SSSR count). The summed E-state index contributed by atoms with van der Waals surface area (Å²) in [5, 5.41) is 25.9. The van der Waals surface area contributed by atoms with Gasteiger partial charge in [0.1, 0.15) is 5.75 Å². The number of carbonyl (C=O) groups is 1. The third kappa shape index (κ3) is 3.84. The maximum absolute atomic E-state index is 12.4. The number of phenols is 1. The van der Waals surface area contributed by atoms with E-state index < -0.39 is 22.3 Å². The van der Waals surface area contributed by atoms with Crippen molar-refractivity contribution in [3.8, 4) is 11.5 Å². The van der Waals surface area contributed by atoms with Crippen LogP contribution in [0.5, 0.6) is 11.5 Å². The molecular weight excluding hydrogens is 350 g/mol. The number of hydrogen-bond donors (Lipinski definition) is 2. The van der Waals surface area contributed by atoms with Crippen molar-refractivity contribution in [3.05, 3.63) is 75.8 Å². The van der Waals surface area contributed by atoms with E-state index in [1.165, 1.54) is 25.5 Å². The number of nitro groups is 1. The van der Waals surface area contributed by atoms with Crippen molar-refractivity contribution in [2.75, 3.05) is 7.11 Å². The molecule has 0 aliphatic carbocycles. The lowest BCUT2D eigenvalue weighted by atomic mass is 10.1. The molecule has 0 saturated carbocycles. The molecule has 3 aromatic rings. The topological polar surface area (TPSA) is 114 Å². The van der Waals surface area contributed by atoms with Crippen LogP contribution < -0.4 is 10.2 Å². The number of hydrogen-bond acceptors (Lipinski definition) is 6. The van der Waals surface area contributed by atoms with Crippen LogP contribution in [-0.2, 0) is 0 Å². The summed E-state index contributed by atoms with van der Waals surface area (Å²) in [6, 6.07) is 14.8. The van der Waals surface area contributed by atoms with E-state index in [9.17, 15) is 20.0 Å². The molecule has 0 aliphatic rings. The molecule has 0 heterocycles. The van der Waals surface area contributed by atoms with Gasteiger partial charge in [0.25, 0.3) is 5.91 Å². The highest BCUT2D eigenvalue weighted by Gasteiger charge is 2.14. The Kier molecular flexibility index (Phi) is 4.98. The Labute approximate surface area is 153 Å². The molecule has 0 unspecified atom stereocenters. The van der Waals surface area contributed by atoms with Crippen molar-refractivity contribution in [1.82, 2.24) is 5.43 Å². The monoisotopic (exact) mass is 365 g/mol. The van der Waals surface area contributed by atoms with Gasteiger partial charge in [-0.25, -0.2) is 5.43 Å². The van der Waals surface area contributed by atoms with Gasteiger partial charge in [0, 0.05) is 11.6 Å². The Balaban J connectivity index is 1.82. The summed E-state index contributed by atoms with van der Waals surface area (Å²) in [6.45, 7) is 0. The number of rotatable bonds is 5. The lowest BCUT2D eigenvalue weighted by molar-refractivity contribution is -0.385. The van der Waals surface area contributed by atoms with Crippen LogP contribution in [0.1, 0.15) is 15.9 Å². The van der Waals surface area contributed by atoms with Crippen LogP contribution in [0.2, 0.25) is 0 Å². The van der Waals surface area contributed by atoms with Crippen LogP contribution >= 0.6 is 0 Å². The van der Waals surface area contributed by atoms with Crippen molar-refractivity contribution in [1.29, 1.82) is 0 Å². The minimum atomic E-state index is -0.703. The number of aromatic hydroxyl groups is 1. The highest BCUT2D eigenvalue weighted by Crippen LogP contribution is 2.26. The fourth-order valence-corrected chi connectivity index (χ4v) is 2.56.